The van der Waals surface area contributed by atoms with Crippen molar-refractivity contribution in [3.8, 4) is 0 Å². The van der Waals surface area contributed by atoms with Crippen molar-refractivity contribution in [2.24, 2.45) is 14.1 Å². The van der Waals surface area contributed by atoms with Gasteiger partial charge in [0.2, 0.25) is 0 Å². The van der Waals surface area contributed by atoms with E-state index in [4.69, 9.17) is 0 Å². The first-order valence-electron chi connectivity index (χ1n) is 7.34. The van der Waals surface area contributed by atoms with Gasteiger partial charge < -0.3 is 9.88 Å². The molecule has 2 aromatic heterocycles. The molecule has 0 aliphatic rings. The molecular weight excluding hydrogens is 282 g/mol. The van der Waals surface area contributed by atoms with Gasteiger partial charge in [-0.15, -0.1) is 0 Å². The third-order valence-corrected chi connectivity index (χ3v) is 4.35. The van der Waals surface area contributed by atoms with E-state index in [2.05, 4.69) is 38.0 Å². The van der Waals surface area contributed by atoms with Crippen molar-refractivity contribution in [2.75, 3.05) is 7.05 Å². The predicted octanol–water partition coefficient (Wildman–Crippen LogP) is 0.557. The van der Waals surface area contributed by atoms with Crippen molar-refractivity contribution in [3.63, 3.8) is 0 Å². The highest BCUT2D eigenvalue weighted by Crippen LogP contribution is 2.28. The van der Waals surface area contributed by atoms with E-state index in [1.54, 1.807) is 13.4 Å². The monoisotopic (exact) mass is 307 g/mol. The van der Waals surface area contributed by atoms with Gasteiger partial charge in [-0.3, -0.25) is 13.9 Å². The van der Waals surface area contributed by atoms with Gasteiger partial charge in [0.15, 0.2) is 11.2 Å². The highest BCUT2D eigenvalue weighted by Gasteiger charge is 2.31. The lowest BCUT2D eigenvalue weighted by Crippen LogP contribution is -2.45. The van der Waals surface area contributed by atoms with E-state index in [-0.39, 0.29) is 22.3 Å². The van der Waals surface area contributed by atoms with Gasteiger partial charge in [0.25, 0.3) is 5.56 Å². The Morgan fingerprint density at radius 2 is 1.73 bits per heavy atom. The smallest absolute Gasteiger partial charge is 0.319 e. The average molecular weight is 307 g/mol. The lowest BCUT2D eigenvalue weighted by molar-refractivity contribution is 0.237. The molecule has 122 valence electrons. The number of hydrogen-bond acceptors (Lipinski definition) is 4. The van der Waals surface area contributed by atoms with Gasteiger partial charge >= 0.3 is 5.69 Å². The maximum absolute atomic E-state index is 12.5. The second-order valence-electron chi connectivity index (χ2n) is 7.12. The third-order valence-electron chi connectivity index (χ3n) is 4.35. The first kappa shape index (κ1) is 16.5. The van der Waals surface area contributed by atoms with Crippen LogP contribution in [0.25, 0.3) is 11.2 Å². The number of aromatic nitrogens is 4. The number of imidazole rings is 1. The summed E-state index contributed by atoms with van der Waals surface area (Å²) in [5.41, 5.74) is -0.219. The van der Waals surface area contributed by atoms with E-state index in [9.17, 15) is 9.59 Å². The van der Waals surface area contributed by atoms with Crippen molar-refractivity contribution < 1.29 is 0 Å². The molecule has 0 fully saturated rings. The van der Waals surface area contributed by atoms with Crippen LogP contribution in [0, 0.1) is 0 Å². The van der Waals surface area contributed by atoms with Crippen LogP contribution in [0.3, 0.4) is 0 Å². The Balaban J connectivity index is 2.73. The number of hydrogen-bond donors (Lipinski definition) is 1. The summed E-state index contributed by atoms with van der Waals surface area (Å²) < 4.78 is 4.41. The van der Waals surface area contributed by atoms with E-state index in [0.29, 0.717) is 11.2 Å². The van der Waals surface area contributed by atoms with Crippen LogP contribution in [-0.4, -0.2) is 31.3 Å². The fourth-order valence-corrected chi connectivity index (χ4v) is 3.06. The van der Waals surface area contributed by atoms with Crippen LogP contribution in [-0.2, 0) is 19.6 Å². The Labute approximate surface area is 129 Å². The van der Waals surface area contributed by atoms with Crippen LogP contribution >= 0.6 is 0 Å². The normalized spacial score (nSPS) is 13.0. The van der Waals surface area contributed by atoms with Crippen molar-refractivity contribution in [3.05, 3.63) is 27.2 Å². The van der Waals surface area contributed by atoms with E-state index >= 15 is 0 Å². The fraction of sp³-hybridized carbons (Fsp3) is 0.667. The minimum Gasteiger partial charge on any atom is -0.319 e. The van der Waals surface area contributed by atoms with Crippen LogP contribution in [0.5, 0.6) is 0 Å². The molecule has 2 heterocycles. The van der Waals surface area contributed by atoms with Gasteiger partial charge in [-0.1, -0.05) is 0 Å². The second-order valence-corrected chi connectivity index (χ2v) is 7.12. The standard InChI is InChI=1S/C15H25N5O2/c1-14(2,16-5)8-15(3,4)20-9-17-11-10(20)12(21)19(7)13(22)18(11)6/h9,16H,8H2,1-7H3. The molecule has 2 rings (SSSR count). The van der Waals surface area contributed by atoms with Crippen molar-refractivity contribution in [1.29, 1.82) is 0 Å². The van der Waals surface area contributed by atoms with Crippen LogP contribution in [0.2, 0.25) is 0 Å². The number of rotatable bonds is 4. The molecule has 7 heteroatoms. The van der Waals surface area contributed by atoms with Gasteiger partial charge in [-0.25, -0.2) is 9.78 Å². The average Bonchev–Trinajstić information content (AvgIpc) is 2.87. The molecule has 0 aliphatic carbocycles. The highest BCUT2D eigenvalue weighted by molar-refractivity contribution is 5.70. The zero-order valence-electron chi connectivity index (χ0n) is 14.4. The van der Waals surface area contributed by atoms with Gasteiger partial charge in [-0.05, 0) is 41.2 Å². The van der Waals surface area contributed by atoms with Crippen LogP contribution in [0.15, 0.2) is 15.9 Å². The maximum atomic E-state index is 12.5. The molecule has 0 amide bonds. The Kier molecular flexibility index (Phi) is 3.81. The summed E-state index contributed by atoms with van der Waals surface area (Å²) in [5, 5.41) is 3.28. The van der Waals surface area contributed by atoms with E-state index in [0.717, 1.165) is 11.0 Å². The lowest BCUT2D eigenvalue weighted by atomic mass is 9.87. The summed E-state index contributed by atoms with van der Waals surface area (Å²) in [6.45, 7) is 8.36. The highest BCUT2D eigenvalue weighted by atomic mass is 16.2. The number of fused-ring (bicyclic) bond motifs is 1. The summed E-state index contributed by atoms with van der Waals surface area (Å²) in [4.78, 5) is 28.8. The van der Waals surface area contributed by atoms with Gasteiger partial charge in [0, 0.05) is 25.2 Å². The molecular formula is C15H25N5O2. The summed E-state index contributed by atoms with van der Waals surface area (Å²) in [7, 11) is 5.04. The van der Waals surface area contributed by atoms with Gasteiger partial charge in [0.1, 0.15) is 0 Å². The minimum atomic E-state index is -0.365. The largest absolute Gasteiger partial charge is 0.332 e. The Bertz CT molecular complexity index is 823. The molecule has 0 atom stereocenters. The molecule has 0 spiro atoms. The lowest BCUT2D eigenvalue weighted by Gasteiger charge is -2.36. The first-order chi connectivity index (χ1) is 10.0. The number of aryl methyl sites for hydroxylation is 1. The molecule has 0 saturated carbocycles. The summed E-state index contributed by atoms with van der Waals surface area (Å²) >= 11 is 0. The molecule has 0 bridgehead atoms. The number of nitrogens with one attached hydrogen (secondary N) is 1. The molecule has 0 radical (unpaired) electrons. The van der Waals surface area contributed by atoms with Crippen LogP contribution in [0.1, 0.15) is 34.1 Å². The molecule has 2 aromatic rings. The first-order valence-corrected chi connectivity index (χ1v) is 7.34. The summed E-state index contributed by atoms with van der Waals surface area (Å²) in [6, 6.07) is 0. The van der Waals surface area contributed by atoms with Gasteiger partial charge in [0.05, 0.1) is 6.33 Å². The van der Waals surface area contributed by atoms with Crippen LogP contribution < -0.4 is 16.6 Å². The van der Waals surface area contributed by atoms with E-state index in [1.807, 2.05) is 11.6 Å². The quantitative estimate of drug-likeness (QED) is 0.895. The summed E-state index contributed by atoms with van der Waals surface area (Å²) in [5.74, 6) is 0. The van der Waals surface area contributed by atoms with Crippen molar-refractivity contribution in [1.82, 2.24) is 24.0 Å². The van der Waals surface area contributed by atoms with E-state index in [1.165, 1.54) is 11.6 Å². The molecule has 7 nitrogen and oxygen atoms in total. The maximum Gasteiger partial charge on any atom is 0.332 e. The summed E-state index contributed by atoms with van der Waals surface area (Å²) in [6.07, 6.45) is 2.45. The SMILES string of the molecule is CNC(C)(C)CC(C)(C)n1cnc2c1c(=O)n(C)c(=O)n2C. The van der Waals surface area contributed by atoms with Crippen molar-refractivity contribution in [2.45, 2.75) is 45.2 Å². The molecule has 0 aliphatic heterocycles. The molecule has 0 saturated heterocycles. The Morgan fingerprint density at radius 1 is 1.14 bits per heavy atom. The minimum absolute atomic E-state index is 0.0913. The predicted molar refractivity (Wildman–Crippen MR) is 87.3 cm³/mol. The topological polar surface area (TPSA) is 73.8 Å². The fourth-order valence-electron chi connectivity index (χ4n) is 3.06. The van der Waals surface area contributed by atoms with Crippen molar-refractivity contribution >= 4 is 11.2 Å². The zero-order valence-corrected chi connectivity index (χ0v) is 14.4. The Hall–Kier alpha value is -1.89. The second kappa shape index (κ2) is 5.08. The van der Waals surface area contributed by atoms with Crippen LogP contribution in [0.4, 0.5) is 0 Å². The molecule has 0 unspecified atom stereocenters. The Morgan fingerprint density at radius 3 is 2.27 bits per heavy atom. The molecule has 22 heavy (non-hydrogen) atoms. The van der Waals surface area contributed by atoms with E-state index < -0.39 is 0 Å². The number of nitrogens with zero attached hydrogens (tertiary/aromatic N) is 4. The zero-order chi connectivity index (χ0) is 16.9. The molecule has 0 aromatic carbocycles. The van der Waals surface area contributed by atoms with Gasteiger partial charge in [-0.2, -0.15) is 0 Å². The third kappa shape index (κ3) is 2.49. The molecule has 1 N–H and O–H groups in total.